The Kier molecular flexibility index (Phi) is 4.43. The molecule has 1 aliphatic rings. The molecule has 0 radical (unpaired) electrons. The minimum Gasteiger partial charge on any atom is -0.340 e. The van der Waals surface area contributed by atoms with Crippen molar-refractivity contribution in [2.45, 2.75) is 44.0 Å². The van der Waals surface area contributed by atoms with Crippen molar-refractivity contribution in [3.8, 4) is 0 Å². The van der Waals surface area contributed by atoms with E-state index in [2.05, 4.69) is 0 Å². The predicted octanol–water partition coefficient (Wildman–Crippen LogP) is 1.59. The fraction of sp³-hybridized carbons (Fsp3) is 0.643. The SMILES string of the molecule is CC(C)n1cc(S(N)(=O)=O)cc1C(=O)N(C)CC1CCC1. The first kappa shape index (κ1) is 16.0. The number of carbonyl (C=O) groups excluding carboxylic acids is 1. The highest BCUT2D eigenvalue weighted by molar-refractivity contribution is 7.89. The maximum atomic E-state index is 12.6. The Morgan fingerprint density at radius 3 is 2.52 bits per heavy atom. The Morgan fingerprint density at radius 2 is 2.10 bits per heavy atom. The topological polar surface area (TPSA) is 85.4 Å². The van der Waals surface area contributed by atoms with E-state index in [1.54, 1.807) is 16.5 Å². The highest BCUT2D eigenvalue weighted by atomic mass is 32.2. The van der Waals surface area contributed by atoms with Crippen molar-refractivity contribution >= 4 is 15.9 Å². The summed E-state index contributed by atoms with van der Waals surface area (Å²) in [6.07, 6.45) is 4.98. The summed E-state index contributed by atoms with van der Waals surface area (Å²) in [5, 5.41) is 5.16. The van der Waals surface area contributed by atoms with E-state index in [9.17, 15) is 13.2 Å². The molecule has 1 aromatic rings. The van der Waals surface area contributed by atoms with Gasteiger partial charge in [-0.3, -0.25) is 4.79 Å². The van der Waals surface area contributed by atoms with Gasteiger partial charge < -0.3 is 9.47 Å². The molecule has 0 spiro atoms. The molecule has 1 aromatic heterocycles. The zero-order valence-electron chi connectivity index (χ0n) is 12.7. The van der Waals surface area contributed by atoms with E-state index in [1.807, 2.05) is 13.8 Å². The second-order valence-corrected chi connectivity index (χ2v) is 7.65. The van der Waals surface area contributed by atoms with E-state index in [-0.39, 0.29) is 16.8 Å². The van der Waals surface area contributed by atoms with Crippen LogP contribution in [0.5, 0.6) is 0 Å². The lowest BCUT2D eigenvalue weighted by Gasteiger charge is -2.30. The molecule has 118 valence electrons. The summed E-state index contributed by atoms with van der Waals surface area (Å²) in [7, 11) is -2.05. The fourth-order valence-electron chi connectivity index (χ4n) is 2.55. The molecule has 6 nitrogen and oxygen atoms in total. The van der Waals surface area contributed by atoms with Gasteiger partial charge in [0.25, 0.3) is 5.91 Å². The highest BCUT2D eigenvalue weighted by Gasteiger charge is 2.26. The summed E-state index contributed by atoms with van der Waals surface area (Å²) in [5.41, 5.74) is 0.371. The smallest absolute Gasteiger partial charge is 0.270 e. The molecular weight excluding hydrogens is 290 g/mol. The van der Waals surface area contributed by atoms with Crippen LogP contribution < -0.4 is 5.14 Å². The molecule has 0 unspecified atom stereocenters. The zero-order chi connectivity index (χ0) is 15.8. The standard InChI is InChI=1S/C14H23N3O3S/c1-10(2)17-9-12(21(15,19)20)7-13(17)14(18)16(3)8-11-5-4-6-11/h7,9-11H,4-6,8H2,1-3H3,(H2,15,19,20). The Bertz CT molecular complexity index is 630. The average molecular weight is 313 g/mol. The van der Waals surface area contributed by atoms with Gasteiger partial charge in [-0.15, -0.1) is 0 Å². The van der Waals surface area contributed by atoms with E-state index in [4.69, 9.17) is 5.14 Å². The molecule has 2 N–H and O–H groups in total. The normalized spacial score (nSPS) is 16.0. The third-order valence-corrected chi connectivity index (χ3v) is 4.91. The first-order valence-electron chi connectivity index (χ1n) is 7.20. The molecule has 21 heavy (non-hydrogen) atoms. The lowest BCUT2D eigenvalue weighted by molar-refractivity contribution is 0.0733. The maximum absolute atomic E-state index is 12.6. The van der Waals surface area contributed by atoms with Gasteiger partial charge in [0.1, 0.15) is 10.6 Å². The quantitative estimate of drug-likeness (QED) is 0.895. The monoisotopic (exact) mass is 313 g/mol. The Hall–Kier alpha value is -1.34. The number of nitrogens with two attached hydrogens (primary N) is 1. The largest absolute Gasteiger partial charge is 0.340 e. The molecule has 0 aliphatic heterocycles. The van der Waals surface area contributed by atoms with Crippen molar-refractivity contribution in [1.29, 1.82) is 0 Å². The summed E-state index contributed by atoms with van der Waals surface area (Å²) in [5.74, 6) is 0.407. The molecule has 1 fully saturated rings. The van der Waals surface area contributed by atoms with Crippen molar-refractivity contribution in [2.24, 2.45) is 11.1 Å². The minimum atomic E-state index is -3.81. The van der Waals surface area contributed by atoms with E-state index < -0.39 is 10.0 Å². The van der Waals surface area contributed by atoms with Gasteiger partial charge in [-0.05, 0) is 38.7 Å². The van der Waals surface area contributed by atoms with E-state index in [1.165, 1.54) is 18.7 Å². The first-order chi connectivity index (χ1) is 9.70. The molecular formula is C14H23N3O3S. The van der Waals surface area contributed by atoms with Crippen molar-refractivity contribution in [3.63, 3.8) is 0 Å². The van der Waals surface area contributed by atoms with E-state index >= 15 is 0 Å². The first-order valence-corrected chi connectivity index (χ1v) is 8.75. The second-order valence-electron chi connectivity index (χ2n) is 6.09. The average Bonchev–Trinajstić information content (AvgIpc) is 2.77. The molecule has 0 atom stereocenters. The number of amides is 1. The molecule has 0 saturated heterocycles. The number of nitrogens with zero attached hydrogens (tertiary/aromatic N) is 2. The lowest BCUT2D eigenvalue weighted by atomic mass is 9.85. The van der Waals surface area contributed by atoms with Crippen LogP contribution in [0, 0.1) is 5.92 Å². The van der Waals surface area contributed by atoms with E-state index in [0.29, 0.717) is 18.2 Å². The second kappa shape index (κ2) is 5.81. The number of carbonyl (C=O) groups is 1. The number of hydrogen-bond donors (Lipinski definition) is 1. The van der Waals surface area contributed by atoms with Crippen LogP contribution in [-0.4, -0.2) is 37.4 Å². The van der Waals surface area contributed by atoms with Gasteiger partial charge in [0.2, 0.25) is 10.0 Å². The van der Waals surface area contributed by atoms with Crippen LogP contribution in [0.3, 0.4) is 0 Å². The zero-order valence-corrected chi connectivity index (χ0v) is 13.6. The molecule has 0 bridgehead atoms. The summed E-state index contributed by atoms with van der Waals surface area (Å²) < 4.78 is 24.6. The van der Waals surface area contributed by atoms with Crippen LogP contribution in [0.1, 0.15) is 49.6 Å². The molecule has 2 rings (SSSR count). The van der Waals surface area contributed by atoms with Crippen LogP contribution in [0.15, 0.2) is 17.2 Å². The van der Waals surface area contributed by atoms with Gasteiger partial charge in [0.05, 0.1) is 0 Å². The number of hydrogen-bond acceptors (Lipinski definition) is 3. The lowest BCUT2D eigenvalue weighted by Crippen LogP contribution is -2.35. The Labute approximate surface area is 126 Å². The van der Waals surface area contributed by atoms with Crippen LogP contribution in [0.25, 0.3) is 0 Å². The molecule has 1 saturated carbocycles. The van der Waals surface area contributed by atoms with Gasteiger partial charge in [-0.25, -0.2) is 13.6 Å². The van der Waals surface area contributed by atoms with Crippen LogP contribution in [0.4, 0.5) is 0 Å². The van der Waals surface area contributed by atoms with Crippen LogP contribution in [0.2, 0.25) is 0 Å². The molecule has 0 aromatic carbocycles. The molecule has 1 amide bonds. The molecule has 1 heterocycles. The van der Waals surface area contributed by atoms with Gasteiger partial charge in [0, 0.05) is 25.8 Å². The Balaban J connectivity index is 2.28. The molecule has 1 aliphatic carbocycles. The van der Waals surface area contributed by atoms with Crippen molar-refractivity contribution in [2.75, 3.05) is 13.6 Å². The predicted molar refractivity (Wildman–Crippen MR) is 80.5 cm³/mol. The molecule has 7 heteroatoms. The summed E-state index contributed by atoms with van der Waals surface area (Å²) in [4.78, 5) is 14.2. The summed E-state index contributed by atoms with van der Waals surface area (Å²) in [6, 6.07) is 1.35. The number of primary sulfonamides is 1. The third-order valence-electron chi connectivity index (χ3n) is 4.03. The highest BCUT2D eigenvalue weighted by Crippen LogP contribution is 2.27. The van der Waals surface area contributed by atoms with Crippen LogP contribution in [-0.2, 0) is 10.0 Å². The van der Waals surface area contributed by atoms with Gasteiger partial charge in [-0.1, -0.05) is 6.42 Å². The summed E-state index contributed by atoms with van der Waals surface area (Å²) >= 11 is 0. The number of aromatic nitrogens is 1. The van der Waals surface area contributed by atoms with E-state index in [0.717, 1.165) is 12.8 Å². The third kappa shape index (κ3) is 3.47. The fourth-order valence-corrected chi connectivity index (χ4v) is 3.09. The number of sulfonamides is 1. The van der Waals surface area contributed by atoms with Gasteiger partial charge in [0.15, 0.2) is 0 Å². The number of rotatable bonds is 5. The van der Waals surface area contributed by atoms with Crippen LogP contribution >= 0.6 is 0 Å². The Morgan fingerprint density at radius 1 is 1.48 bits per heavy atom. The van der Waals surface area contributed by atoms with Crippen molar-refractivity contribution in [3.05, 3.63) is 18.0 Å². The van der Waals surface area contributed by atoms with Gasteiger partial charge >= 0.3 is 0 Å². The van der Waals surface area contributed by atoms with Gasteiger partial charge in [-0.2, -0.15) is 0 Å². The summed E-state index contributed by atoms with van der Waals surface area (Å²) in [6.45, 7) is 4.51. The van der Waals surface area contributed by atoms with Crippen molar-refractivity contribution < 1.29 is 13.2 Å². The minimum absolute atomic E-state index is 0.0170. The maximum Gasteiger partial charge on any atom is 0.270 e. The van der Waals surface area contributed by atoms with Crippen molar-refractivity contribution in [1.82, 2.24) is 9.47 Å².